The van der Waals surface area contributed by atoms with E-state index in [-0.39, 0.29) is 0 Å². The van der Waals surface area contributed by atoms with E-state index in [9.17, 15) is 0 Å². The highest BCUT2D eigenvalue weighted by Crippen LogP contribution is 2.48. The van der Waals surface area contributed by atoms with E-state index in [2.05, 4.69) is 13.8 Å². The van der Waals surface area contributed by atoms with Crippen molar-refractivity contribution in [3.05, 3.63) is 0 Å². The number of rotatable bonds is 2. The molecule has 4 unspecified atom stereocenters. The van der Waals surface area contributed by atoms with Crippen LogP contribution in [0.1, 0.15) is 33.1 Å². The van der Waals surface area contributed by atoms with Crippen molar-refractivity contribution in [3.8, 4) is 0 Å². The number of hydrogen-bond acceptors (Lipinski definition) is 3. The monoisotopic (exact) mass is 214 g/mol. The number of ether oxygens (including phenoxy) is 3. The Labute approximate surface area is 92.1 Å². The van der Waals surface area contributed by atoms with Gasteiger partial charge in [-0.1, -0.05) is 6.92 Å². The Morgan fingerprint density at radius 3 is 2.60 bits per heavy atom. The molecule has 1 saturated carbocycles. The Kier molecular flexibility index (Phi) is 3.33. The van der Waals surface area contributed by atoms with Gasteiger partial charge in [0.25, 0.3) is 0 Å². The van der Waals surface area contributed by atoms with Crippen molar-refractivity contribution in [3.63, 3.8) is 0 Å². The molecule has 15 heavy (non-hydrogen) atoms. The van der Waals surface area contributed by atoms with Gasteiger partial charge in [0.05, 0.1) is 24.9 Å². The minimum absolute atomic E-state index is 0.326. The van der Waals surface area contributed by atoms with Crippen molar-refractivity contribution in [2.45, 2.75) is 50.9 Å². The van der Waals surface area contributed by atoms with E-state index >= 15 is 0 Å². The van der Waals surface area contributed by atoms with E-state index in [1.807, 2.05) is 0 Å². The van der Waals surface area contributed by atoms with E-state index in [4.69, 9.17) is 14.2 Å². The van der Waals surface area contributed by atoms with Gasteiger partial charge < -0.3 is 14.2 Å². The summed E-state index contributed by atoms with van der Waals surface area (Å²) in [7, 11) is 1.68. The summed E-state index contributed by atoms with van der Waals surface area (Å²) in [6.07, 6.45) is 5.01. The Hall–Kier alpha value is -0.120. The van der Waals surface area contributed by atoms with Crippen LogP contribution in [0, 0.1) is 5.92 Å². The second-order valence-corrected chi connectivity index (χ2v) is 5.21. The fourth-order valence-corrected chi connectivity index (χ4v) is 2.17. The van der Waals surface area contributed by atoms with Crippen LogP contribution in [-0.2, 0) is 14.2 Å². The maximum Gasteiger partial charge on any atom is 0.104 e. The molecule has 88 valence electrons. The first kappa shape index (κ1) is 11.4. The molecule has 0 bridgehead atoms. The first-order chi connectivity index (χ1) is 7.14. The highest BCUT2D eigenvalue weighted by Gasteiger charge is 2.54. The minimum atomic E-state index is 0.326. The van der Waals surface area contributed by atoms with Gasteiger partial charge in [0.1, 0.15) is 6.10 Å². The summed E-state index contributed by atoms with van der Waals surface area (Å²) in [5.41, 5.74) is 0.326. The van der Waals surface area contributed by atoms with Crippen LogP contribution in [0.3, 0.4) is 0 Å². The lowest BCUT2D eigenvalue weighted by molar-refractivity contribution is 0.171. The van der Waals surface area contributed by atoms with E-state index in [1.165, 1.54) is 19.3 Å². The van der Waals surface area contributed by atoms with Gasteiger partial charge in [-0.05, 0) is 32.1 Å². The predicted molar refractivity (Wildman–Crippen MR) is 57.9 cm³/mol. The topological polar surface area (TPSA) is 34.3 Å². The fraction of sp³-hybridized carbons (Fsp3) is 1.00. The molecule has 3 nitrogen and oxygen atoms in total. The van der Waals surface area contributed by atoms with E-state index in [0.717, 1.165) is 19.1 Å². The quantitative estimate of drug-likeness (QED) is 0.659. The predicted octanol–water partition coefficient (Wildman–Crippen LogP) is 2.00. The van der Waals surface area contributed by atoms with Gasteiger partial charge in [-0.15, -0.1) is 0 Å². The molecule has 2 saturated heterocycles. The number of epoxide rings is 2. The summed E-state index contributed by atoms with van der Waals surface area (Å²) < 4.78 is 15.1. The summed E-state index contributed by atoms with van der Waals surface area (Å²) in [6.45, 7) is 6.22. The lowest BCUT2D eigenvalue weighted by atomic mass is 9.84. The molecule has 3 heteroatoms. The normalized spacial score (nSPS) is 46.2. The molecule has 3 aliphatic rings. The molecule has 2 aliphatic heterocycles. The van der Waals surface area contributed by atoms with Gasteiger partial charge in [-0.3, -0.25) is 0 Å². The second kappa shape index (κ2) is 4.40. The van der Waals surface area contributed by atoms with Gasteiger partial charge in [-0.25, -0.2) is 0 Å². The van der Waals surface area contributed by atoms with Crippen LogP contribution in [0.4, 0.5) is 0 Å². The summed E-state index contributed by atoms with van der Waals surface area (Å²) in [5, 5.41) is 0. The van der Waals surface area contributed by atoms with Crippen molar-refractivity contribution in [1.82, 2.24) is 0 Å². The maximum absolute atomic E-state index is 5.54. The Morgan fingerprint density at radius 2 is 2.20 bits per heavy atom. The number of fused-ring (bicyclic) bond motifs is 1. The highest BCUT2D eigenvalue weighted by atomic mass is 16.6. The third kappa shape index (κ3) is 3.16. The molecule has 4 atom stereocenters. The molecular weight excluding hydrogens is 192 g/mol. The van der Waals surface area contributed by atoms with Gasteiger partial charge in [0.15, 0.2) is 0 Å². The Bertz CT molecular complexity index is 215. The SMILES string of the molecule is CC1CCC2(C)OC2C1.COCC1CO1. The Balaban J connectivity index is 0.000000124. The van der Waals surface area contributed by atoms with Gasteiger partial charge in [0, 0.05) is 7.11 Å². The van der Waals surface area contributed by atoms with Crippen molar-refractivity contribution >= 4 is 0 Å². The Morgan fingerprint density at radius 1 is 1.47 bits per heavy atom. The standard InChI is InChI=1S/C8H14O.C4H8O2/c1-6-3-4-8(2)7(5-6)9-8;1-5-2-4-3-6-4/h6-7H,3-5H2,1-2H3;4H,2-3H2,1H3. The zero-order valence-electron chi connectivity index (χ0n) is 9.99. The van der Waals surface area contributed by atoms with Crippen LogP contribution in [-0.4, -0.2) is 38.1 Å². The highest BCUT2D eigenvalue weighted by molar-refractivity contribution is 5.02. The molecule has 0 N–H and O–H groups in total. The third-order valence-electron chi connectivity index (χ3n) is 3.54. The molecule has 0 amide bonds. The van der Waals surface area contributed by atoms with Crippen LogP contribution in [0.25, 0.3) is 0 Å². The van der Waals surface area contributed by atoms with Gasteiger partial charge in [0.2, 0.25) is 0 Å². The van der Waals surface area contributed by atoms with Gasteiger partial charge in [-0.2, -0.15) is 0 Å². The van der Waals surface area contributed by atoms with Gasteiger partial charge >= 0.3 is 0 Å². The number of methoxy groups -OCH3 is 1. The lowest BCUT2D eigenvalue weighted by Crippen LogP contribution is -2.19. The molecular formula is C12H22O3. The summed E-state index contributed by atoms with van der Waals surface area (Å²) in [5.74, 6) is 0.908. The van der Waals surface area contributed by atoms with Crippen LogP contribution in [0.2, 0.25) is 0 Å². The van der Waals surface area contributed by atoms with Crippen molar-refractivity contribution in [2.75, 3.05) is 20.3 Å². The molecule has 2 heterocycles. The molecule has 0 radical (unpaired) electrons. The summed E-state index contributed by atoms with van der Waals surface area (Å²) in [4.78, 5) is 0. The molecule has 3 fully saturated rings. The summed E-state index contributed by atoms with van der Waals surface area (Å²) >= 11 is 0. The smallest absolute Gasteiger partial charge is 0.104 e. The van der Waals surface area contributed by atoms with E-state index < -0.39 is 0 Å². The van der Waals surface area contributed by atoms with Crippen LogP contribution in [0.5, 0.6) is 0 Å². The largest absolute Gasteiger partial charge is 0.382 e. The van der Waals surface area contributed by atoms with Crippen LogP contribution >= 0.6 is 0 Å². The van der Waals surface area contributed by atoms with Crippen molar-refractivity contribution in [2.24, 2.45) is 5.92 Å². The maximum atomic E-state index is 5.54. The van der Waals surface area contributed by atoms with Crippen LogP contribution < -0.4 is 0 Å². The third-order valence-corrected chi connectivity index (χ3v) is 3.54. The zero-order valence-corrected chi connectivity index (χ0v) is 9.99. The average molecular weight is 214 g/mol. The molecule has 0 aromatic carbocycles. The second-order valence-electron chi connectivity index (χ2n) is 5.21. The molecule has 3 rings (SSSR count). The lowest BCUT2D eigenvalue weighted by Gasteiger charge is -2.17. The zero-order chi connectivity index (χ0) is 10.9. The van der Waals surface area contributed by atoms with Crippen molar-refractivity contribution in [1.29, 1.82) is 0 Å². The van der Waals surface area contributed by atoms with E-state index in [1.54, 1.807) is 7.11 Å². The number of hydrogen-bond donors (Lipinski definition) is 0. The minimum Gasteiger partial charge on any atom is -0.382 e. The van der Waals surface area contributed by atoms with Crippen molar-refractivity contribution < 1.29 is 14.2 Å². The first-order valence-corrected chi connectivity index (χ1v) is 5.92. The molecule has 0 aromatic heterocycles. The summed E-state index contributed by atoms with van der Waals surface area (Å²) in [6, 6.07) is 0. The molecule has 1 aliphatic carbocycles. The van der Waals surface area contributed by atoms with E-state index in [0.29, 0.717) is 17.8 Å². The van der Waals surface area contributed by atoms with Crippen LogP contribution in [0.15, 0.2) is 0 Å². The molecule has 0 aromatic rings. The fourth-order valence-electron chi connectivity index (χ4n) is 2.17. The average Bonchev–Trinajstić information content (AvgIpc) is 3.05. The molecule has 0 spiro atoms. The first-order valence-electron chi connectivity index (χ1n) is 5.92.